The first-order valence-electron chi connectivity index (χ1n) is 6.04. The van der Waals surface area contributed by atoms with Gasteiger partial charge in [0.15, 0.2) is 0 Å². The molecule has 2 heterocycles. The number of fused-ring (bicyclic) bond motifs is 1. The van der Waals surface area contributed by atoms with Crippen LogP contribution in [0.25, 0.3) is 0 Å². The van der Waals surface area contributed by atoms with E-state index >= 15 is 0 Å². The molecule has 1 aromatic heterocycles. The average Bonchev–Trinajstić information content (AvgIpc) is 2.92. The third-order valence-electron chi connectivity index (χ3n) is 2.85. The molecule has 0 unspecified atom stereocenters. The quantitative estimate of drug-likeness (QED) is 0.906. The van der Waals surface area contributed by atoms with Gasteiger partial charge in [-0.1, -0.05) is 0 Å². The van der Waals surface area contributed by atoms with Crippen molar-refractivity contribution in [2.75, 3.05) is 16.4 Å². The molecule has 1 aliphatic rings. The normalized spacial score (nSPS) is 13.2. The lowest BCUT2D eigenvalue weighted by molar-refractivity contribution is -0.113. The van der Waals surface area contributed by atoms with Crippen LogP contribution < -0.4 is 10.6 Å². The second-order valence-corrected chi connectivity index (χ2v) is 5.30. The van der Waals surface area contributed by atoms with Crippen molar-refractivity contribution in [3.63, 3.8) is 0 Å². The standard InChI is InChI=1S/C14H11N3O2S/c15-6-10-2-3-11(19-10)7-16-9-1-4-13-12(5-9)17-14(18)8-20-13/h1-5,16H,7-8H2,(H,17,18). The molecule has 20 heavy (non-hydrogen) atoms. The highest BCUT2D eigenvalue weighted by Crippen LogP contribution is 2.33. The number of rotatable bonds is 3. The maximum absolute atomic E-state index is 11.4. The molecule has 6 heteroatoms. The van der Waals surface area contributed by atoms with Crippen molar-refractivity contribution in [1.82, 2.24) is 0 Å². The summed E-state index contributed by atoms with van der Waals surface area (Å²) in [6.45, 7) is 0.488. The highest BCUT2D eigenvalue weighted by atomic mass is 32.2. The summed E-state index contributed by atoms with van der Waals surface area (Å²) in [6.07, 6.45) is 0. The smallest absolute Gasteiger partial charge is 0.234 e. The number of nitrogens with one attached hydrogen (secondary N) is 2. The summed E-state index contributed by atoms with van der Waals surface area (Å²) in [5, 5.41) is 14.7. The third kappa shape index (κ3) is 2.63. The van der Waals surface area contributed by atoms with Crippen LogP contribution in [0.3, 0.4) is 0 Å². The number of carbonyl (C=O) groups is 1. The Morgan fingerprint density at radius 2 is 2.30 bits per heavy atom. The van der Waals surface area contributed by atoms with Crippen LogP contribution in [0.5, 0.6) is 0 Å². The topological polar surface area (TPSA) is 78.1 Å². The highest BCUT2D eigenvalue weighted by molar-refractivity contribution is 8.00. The zero-order valence-corrected chi connectivity index (χ0v) is 11.3. The molecule has 100 valence electrons. The zero-order valence-electron chi connectivity index (χ0n) is 10.5. The van der Waals surface area contributed by atoms with Crippen molar-refractivity contribution < 1.29 is 9.21 Å². The molecule has 2 aromatic rings. The Morgan fingerprint density at radius 1 is 1.40 bits per heavy atom. The molecule has 0 fully saturated rings. The van der Waals surface area contributed by atoms with Gasteiger partial charge in [-0.25, -0.2) is 0 Å². The second kappa shape index (κ2) is 5.31. The fourth-order valence-electron chi connectivity index (χ4n) is 1.92. The maximum atomic E-state index is 11.4. The van der Waals surface area contributed by atoms with Gasteiger partial charge >= 0.3 is 0 Å². The van der Waals surface area contributed by atoms with E-state index in [1.54, 1.807) is 12.1 Å². The molecule has 0 atom stereocenters. The number of anilines is 2. The first-order chi connectivity index (χ1) is 9.74. The number of benzene rings is 1. The summed E-state index contributed by atoms with van der Waals surface area (Å²) in [6, 6.07) is 11.2. The van der Waals surface area contributed by atoms with Crippen molar-refractivity contribution in [2.24, 2.45) is 0 Å². The monoisotopic (exact) mass is 285 g/mol. The summed E-state index contributed by atoms with van der Waals surface area (Å²) in [5.41, 5.74) is 1.72. The summed E-state index contributed by atoms with van der Waals surface area (Å²) in [7, 11) is 0. The van der Waals surface area contributed by atoms with Gasteiger partial charge in [0.25, 0.3) is 0 Å². The number of amides is 1. The van der Waals surface area contributed by atoms with E-state index in [1.807, 2.05) is 24.3 Å². The van der Waals surface area contributed by atoms with Crippen LogP contribution in [-0.4, -0.2) is 11.7 Å². The molecule has 1 amide bonds. The number of nitriles is 1. The van der Waals surface area contributed by atoms with Crippen LogP contribution >= 0.6 is 11.8 Å². The van der Waals surface area contributed by atoms with Gasteiger partial charge in [-0.2, -0.15) is 5.26 Å². The SMILES string of the molecule is N#Cc1ccc(CNc2ccc3c(c2)NC(=O)CS3)o1. The maximum Gasteiger partial charge on any atom is 0.234 e. The second-order valence-electron chi connectivity index (χ2n) is 4.28. The Morgan fingerprint density at radius 3 is 3.10 bits per heavy atom. The molecule has 1 aliphatic heterocycles. The van der Waals surface area contributed by atoms with Gasteiger partial charge in [0.1, 0.15) is 11.8 Å². The number of hydrogen-bond acceptors (Lipinski definition) is 5. The van der Waals surface area contributed by atoms with Gasteiger partial charge < -0.3 is 15.1 Å². The van der Waals surface area contributed by atoms with Crippen LogP contribution in [0.2, 0.25) is 0 Å². The molecular weight excluding hydrogens is 274 g/mol. The van der Waals surface area contributed by atoms with Crippen molar-refractivity contribution in [3.05, 3.63) is 41.9 Å². The van der Waals surface area contributed by atoms with E-state index in [0.29, 0.717) is 23.8 Å². The van der Waals surface area contributed by atoms with E-state index in [4.69, 9.17) is 9.68 Å². The zero-order chi connectivity index (χ0) is 13.9. The summed E-state index contributed by atoms with van der Waals surface area (Å²) < 4.78 is 5.29. The average molecular weight is 285 g/mol. The van der Waals surface area contributed by atoms with E-state index in [1.165, 1.54) is 11.8 Å². The Hall–Kier alpha value is -2.39. The van der Waals surface area contributed by atoms with Crippen LogP contribution in [-0.2, 0) is 11.3 Å². The molecule has 2 N–H and O–H groups in total. The van der Waals surface area contributed by atoms with Crippen molar-refractivity contribution in [2.45, 2.75) is 11.4 Å². The highest BCUT2D eigenvalue weighted by Gasteiger charge is 2.15. The molecule has 0 aliphatic carbocycles. The molecule has 1 aromatic carbocycles. The molecular formula is C14H11N3O2S. The minimum atomic E-state index is 0.0179. The number of carbonyl (C=O) groups excluding carboxylic acids is 1. The Kier molecular flexibility index (Phi) is 3.35. The first-order valence-corrected chi connectivity index (χ1v) is 7.02. The Labute approximate surface area is 120 Å². The van der Waals surface area contributed by atoms with Gasteiger partial charge in [-0.15, -0.1) is 11.8 Å². The van der Waals surface area contributed by atoms with E-state index < -0.39 is 0 Å². The number of nitrogens with zero attached hydrogens (tertiary/aromatic N) is 1. The van der Waals surface area contributed by atoms with E-state index in [9.17, 15) is 4.79 Å². The minimum absolute atomic E-state index is 0.0179. The van der Waals surface area contributed by atoms with Crippen molar-refractivity contribution in [1.29, 1.82) is 5.26 Å². The largest absolute Gasteiger partial charge is 0.449 e. The van der Waals surface area contributed by atoms with E-state index in [0.717, 1.165) is 16.3 Å². The summed E-state index contributed by atoms with van der Waals surface area (Å²) in [5.74, 6) is 1.47. The fourth-order valence-corrected chi connectivity index (χ4v) is 2.70. The van der Waals surface area contributed by atoms with Gasteiger partial charge in [0.2, 0.25) is 11.7 Å². The first kappa shape index (κ1) is 12.6. The van der Waals surface area contributed by atoms with E-state index in [-0.39, 0.29) is 5.91 Å². The molecule has 0 bridgehead atoms. The predicted molar refractivity (Wildman–Crippen MR) is 76.5 cm³/mol. The number of furan rings is 1. The minimum Gasteiger partial charge on any atom is -0.449 e. The summed E-state index contributed by atoms with van der Waals surface area (Å²) >= 11 is 1.53. The predicted octanol–water partition coefficient (Wildman–Crippen LogP) is 2.81. The fraction of sp³-hybridized carbons (Fsp3) is 0.143. The Bertz CT molecular complexity index is 703. The van der Waals surface area contributed by atoms with E-state index in [2.05, 4.69) is 10.6 Å². The number of hydrogen-bond donors (Lipinski definition) is 2. The van der Waals surface area contributed by atoms with Crippen LogP contribution in [0.1, 0.15) is 11.5 Å². The summed E-state index contributed by atoms with van der Waals surface area (Å²) in [4.78, 5) is 12.4. The lowest BCUT2D eigenvalue weighted by Gasteiger charge is -2.17. The third-order valence-corrected chi connectivity index (χ3v) is 3.92. The van der Waals surface area contributed by atoms with Crippen molar-refractivity contribution in [3.8, 4) is 6.07 Å². The Balaban J connectivity index is 1.70. The molecule has 0 saturated carbocycles. The molecule has 3 rings (SSSR count). The van der Waals surface area contributed by atoms with Crippen molar-refractivity contribution >= 4 is 29.0 Å². The van der Waals surface area contributed by atoms with Gasteiger partial charge in [0, 0.05) is 10.6 Å². The van der Waals surface area contributed by atoms with Crippen LogP contribution in [0.4, 0.5) is 11.4 Å². The van der Waals surface area contributed by atoms with Crippen LogP contribution in [0.15, 0.2) is 39.6 Å². The molecule has 0 spiro atoms. The van der Waals surface area contributed by atoms with Gasteiger partial charge in [-0.3, -0.25) is 4.79 Å². The molecule has 0 saturated heterocycles. The van der Waals surface area contributed by atoms with Gasteiger partial charge in [-0.05, 0) is 30.3 Å². The molecule has 0 radical (unpaired) electrons. The molecule has 5 nitrogen and oxygen atoms in total. The van der Waals surface area contributed by atoms with Crippen LogP contribution in [0, 0.1) is 11.3 Å². The number of thioether (sulfide) groups is 1. The lowest BCUT2D eigenvalue weighted by atomic mass is 10.2. The lowest BCUT2D eigenvalue weighted by Crippen LogP contribution is -2.18. The van der Waals surface area contributed by atoms with Gasteiger partial charge in [0.05, 0.1) is 18.0 Å².